The van der Waals surface area contributed by atoms with Crippen LogP contribution < -0.4 is 0 Å². The number of pyridine rings is 2. The number of hydrogen-bond donors (Lipinski definition) is 0. The molecule has 0 unspecified atom stereocenters. The molecular weight excluding hydrogens is 468 g/mol. The first-order valence-electron chi connectivity index (χ1n) is 12.6. The Morgan fingerprint density at radius 3 is 1.29 bits per heavy atom. The van der Waals surface area contributed by atoms with Gasteiger partial charge in [-0.05, 0) is 113 Å². The van der Waals surface area contributed by atoms with E-state index in [-0.39, 0.29) is 10.1 Å². The highest BCUT2D eigenvalue weighted by atomic mass is 32.2. The lowest BCUT2D eigenvalue weighted by Gasteiger charge is -2.19. The standard InChI is InChI=1S/C26H36N2O4S2/c1-17(2)33(29,30)25-21-13-9-5-7-11-19(21)15-23(27-25)24-16-20-12-8-6-10-14-22(20)26(28-24)34(31,32)18(3)4/h15-18H,5-14H2,1-4H3. The van der Waals surface area contributed by atoms with Gasteiger partial charge >= 0.3 is 0 Å². The Labute approximate surface area is 204 Å². The second-order valence-corrected chi connectivity index (χ2v) is 15.0. The van der Waals surface area contributed by atoms with E-state index < -0.39 is 30.2 Å². The molecule has 0 aromatic carbocycles. The van der Waals surface area contributed by atoms with Crippen molar-refractivity contribution in [1.29, 1.82) is 0 Å². The van der Waals surface area contributed by atoms with Crippen molar-refractivity contribution in [1.82, 2.24) is 9.97 Å². The highest BCUT2D eigenvalue weighted by Crippen LogP contribution is 2.34. The molecule has 0 saturated heterocycles. The van der Waals surface area contributed by atoms with Crippen LogP contribution >= 0.6 is 0 Å². The van der Waals surface area contributed by atoms with Gasteiger partial charge < -0.3 is 0 Å². The van der Waals surface area contributed by atoms with Crippen LogP contribution in [0.4, 0.5) is 0 Å². The highest BCUT2D eigenvalue weighted by molar-refractivity contribution is 7.92. The van der Waals surface area contributed by atoms with Crippen LogP contribution in [-0.4, -0.2) is 37.3 Å². The first-order valence-corrected chi connectivity index (χ1v) is 15.7. The number of fused-ring (bicyclic) bond motifs is 2. The molecule has 0 fully saturated rings. The quantitative estimate of drug-likeness (QED) is 0.529. The van der Waals surface area contributed by atoms with Crippen LogP contribution in [0.25, 0.3) is 11.4 Å². The van der Waals surface area contributed by atoms with Crippen LogP contribution in [0.15, 0.2) is 22.2 Å². The van der Waals surface area contributed by atoms with Gasteiger partial charge in [0, 0.05) is 0 Å². The fourth-order valence-corrected chi connectivity index (χ4v) is 7.44. The van der Waals surface area contributed by atoms with E-state index in [2.05, 4.69) is 9.97 Å². The molecule has 6 nitrogen and oxygen atoms in total. The van der Waals surface area contributed by atoms with E-state index in [1.807, 2.05) is 12.1 Å². The van der Waals surface area contributed by atoms with E-state index in [0.717, 1.165) is 73.6 Å². The van der Waals surface area contributed by atoms with Gasteiger partial charge in [-0.2, -0.15) is 0 Å². The smallest absolute Gasteiger partial charge is 0.198 e. The lowest BCUT2D eigenvalue weighted by atomic mass is 10.0. The summed E-state index contributed by atoms with van der Waals surface area (Å²) in [6.45, 7) is 6.73. The van der Waals surface area contributed by atoms with Crippen molar-refractivity contribution in [2.75, 3.05) is 0 Å². The van der Waals surface area contributed by atoms with Gasteiger partial charge in [-0.3, -0.25) is 0 Å². The number of hydrogen-bond acceptors (Lipinski definition) is 6. The number of aromatic nitrogens is 2. The largest absolute Gasteiger partial charge is 0.234 e. The fraction of sp³-hybridized carbons (Fsp3) is 0.615. The molecule has 4 rings (SSSR count). The third-order valence-corrected chi connectivity index (χ3v) is 11.4. The molecule has 186 valence electrons. The molecule has 34 heavy (non-hydrogen) atoms. The Hall–Kier alpha value is -1.80. The molecule has 8 heteroatoms. The molecule has 2 aromatic heterocycles. The van der Waals surface area contributed by atoms with E-state index in [1.54, 1.807) is 27.7 Å². The fourth-order valence-electron chi connectivity index (χ4n) is 4.95. The molecule has 0 spiro atoms. The Kier molecular flexibility index (Phi) is 7.21. The van der Waals surface area contributed by atoms with Crippen molar-refractivity contribution in [3.8, 4) is 11.4 Å². The topological polar surface area (TPSA) is 94.1 Å². The van der Waals surface area contributed by atoms with Crippen LogP contribution in [0.2, 0.25) is 0 Å². The maximum atomic E-state index is 13.3. The Balaban J connectivity index is 2.00. The molecule has 0 atom stereocenters. The van der Waals surface area contributed by atoms with Gasteiger partial charge in [-0.1, -0.05) is 12.8 Å². The van der Waals surface area contributed by atoms with E-state index >= 15 is 0 Å². The van der Waals surface area contributed by atoms with Gasteiger partial charge in [-0.15, -0.1) is 0 Å². The van der Waals surface area contributed by atoms with Gasteiger partial charge in [0.25, 0.3) is 0 Å². The maximum absolute atomic E-state index is 13.3. The van der Waals surface area contributed by atoms with E-state index in [0.29, 0.717) is 24.2 Å². The summed E-state index contributed by atoms with van der Waals surface area (Å²) in [5, 5.41) is -0.859. The molecule has 0 bridgehead atoms. The first kappa shape index (κ1) is 25.3. The van der Waals surface area contributed by atoms with Crippen molar-refractivity contribution < 1.29 is 16.8 Å². The van der Waals surface area contributed by atoms with Crippen LogP contribution in [0.1, 0.15) is 88.5 Å². The van der Waals surface area contributed by atoms with Crippen molar-refractivity contribution in [3.63, 3.8) is 0 Å². The zero-order chi connectivity index (χ0) is 24.7. The van der Waals surface area contributed by atoms with E-state index in [4.69, 9.17) is 0 Å². The molecule has 0 saturated carbocycles. The van der Waals surface area contributed by atoms with E-state index in [1.165, 1.54) is 0 Å². The summed E-state index contributed by atoms with van der Waals surface area (Å²) in [7, 11) is -7.19. The van der Waals surface area contributed by atoms with Gasteiger partial charge in [0.05, 0.1) is 21.9 Å². The third kappa shape index (κ3) is 4.68. The zero-order valence-electron chi connectivity index (χ0n) is 20.7. The monoisotopic (exact) mass is 504 g/mol. The minimum absolute atomic E-state index is 0.155. The SMILES string of the molecule is CC(C)S(=O)(=O)c1nc(-c2cc3c(c(S(=O)(=O)C(C)C)n2)CCCCC3)cc2c1CCCCC2. The van der Waals surface area contributed by atoms with Crippen molar-refractivity contribution in [2.24, 2.45) is 0 Å². The molecule has 0 aliphatic heterocycles. The highest BCUT2D eigenvalue weighted by Gasteiger charge is 2.31. The maximum Gasteiger partial charge on any atom is 0.198 e. The predicted molar refractivity (Wildman–Crippen MR) is 135 cm³/mol. The minimum Gasteiger partial charge on any atom is -0.234 e. The average Bonchev–Trinajstić information content (AvgIpc) is 3.17. The summed E-state index contributed by atoms with van der Waals surface area (Å²) >= 11 is 0. The van der Waals surface area contributed by atoms with Crippen LogP contribution in [0.5, 0.6) is 0 Å². The summed E-state index contributed by atoms with van der Waals surface area (Å²) in [4.78, 5) is 9.37. The molecule has 2 aliphatic rings. The lowest BCUT2D eigenvalue weighted by molar-refractivity contribution is 0.579. The third-order valence-electron chi connectivity index (χ3n) is 7.15. The van der Waals surface area contributed by atoms with Crippen LogP contribution in [0, 0.1) is 0 Å². The normalized spacial score (nSPS) is 17.2. The second kappa shape index (κ2) is 9.69. The number of rotatable bonds is 5. The summed E-state index contributed by atoms with van der Waals surface area (Å²) in [5.41, 5.74) is 4.61. The summed E-state index contributed by atoms with van der Waals surface area (Å²) in [6, 6.07) is 3.91. The van der Waals surface area contributed by atoms with Gasteiger partial charge in [-0.25, -0.2) is 26.8 Å². The second-order valence-electron chi connectivity index (χ2n) is 10.2. The first-order chi connectivity index (χ1) is 16.0. The van der Waals surface area contributed by atoms with Gasteiger partial charge in [0.15, 0.2) is 29.7 Å². The minimum atomic E-state index is -3.60. The molecule has 2 aliphatic carbocycles. The molecule has 2 aromatic rings. The molecular formula is C26H36N2O4S2. The van der Waals surface area contributed by atoms with Crippen LogP contribution in [0.3, 0.4) is 0 Å². The summed E-state index contributed by atoms with van der Waals surface area (Å²) in [6.07, 6.45) is 9.01. The number of sulfone groups is 2. The lowest BCUT2D eigenvalue weighted by Crippen LogP contribution is -2.20. The van der Waals surface area contributed by atoms with Crippen LogP contribution in [-0.2, 0) is 45.4 Å². The molecule has 0 N–H and O–H groups in total. The van der Waals surface area contributed by atoms with Crippen molar-refractivity contribution >= 4 is 19.7 Å². The summed E-state index contributed by atoms with van der Waals surface area (Å²) in [5.74, 6) is 0. The Bertz CT molecular complexity index is 1200. The average molecular weight is 505 g/mol. The zero-order valence-corrected chi connectivity index (χ0v) is 22.4. The molecule has 0 amide bonds. The Morgan fingerprint density at radius 1 is 0.588 bits per heavy atom. The Morgan fingerprint density at radius 2 is 0.941 bits per heavy atom. The molecule has 0 radical (unpaired) electrons. The predicted octanol–water partition coefficient (Wildman–Crippen LogP) is 5.05. The van der Waals surface area contributed by atoms with E-state index in [9.17, 15) is 16.8 Å². The van der Waals surface area contributed by atoms with Gasteiger partial charge in [0.1, 0.15) is 0 Å². The van der Waals surface area contributed by atoms with Crippen molar-refractivity contribution in [2.45, 2.75) is 112 Å². The summed E-state index contributed by atoms with van der Waals surface area (Å²) < 4.78 is 53.3. The van der Waals surface area contributed by atoms with Gasteiger partial charge in [0.2, 0.25) is 0 Å². The van der Waals surface area contributed by atoms with Crippen molar-refractivity contribution in [3.05, 3.63) is 34.4 Å². The molecule has 2 heterocycles. The number of nitrogens with zero attached hydrogens (tertiary/aromatic N) is 2. The number of aryl methyl sites for hydroxylation is 2.